The molecule has 1 aromatic carbocycles. The van der Waals surface area contributed by atoms with E-state index in [-0.39, 0.29) is 6.61 Å². The molecule has 17 heavy (non-hydrogen) atoms. The van der Waals surface area contributed by atoms with Gasteiger partial charge in [-0.3, -0.25) is 0 Å². The second kappa shape index (κ2) is 5.52. The summed E-state index contributed by atoms with van der Waals surface area (Å²) in [6, 6.07) is 1.79. The average Bonchev–Trinajstić information content (AvgIpc) is 2.15. The Hall–Kier alpha value is -1.05. The van der Waals surface area contributed by atoms with Crippen LogP contribution in [0.2, 0.25) is 0 Å². The fourth-order valence-electron chi connectivity index (χ4n) is 1.31. The molecule has 0 aliphatic rings. The van der Waals surface area contributed by atoms with Crippen LogP contribution in [0.3, 0.4) is 0 Å². The van der Waals surface area contributed by atoms with Crippen LogP contribution in [0.5, 0.6) is 0 Å². The van der Waals surface area contributed by atoms with Crippen LogP contribution in [-0.4, -0.2) is 28.2 Å². The zero-order chi connectivity index (χ0) is 13.1. The molecule has 0 spiro atoms. The SMILES string of the molecule is COCC(C)NS(=O)(=O)c1ccc(F)cc1F. The maximum atomic E-state index is 13.3. The predicted molar refractivity (Wildman–Crippen MR) is 58.0 cm³/mol. The Kier molecular flexibility index (Phi) is 4.55. The van der Waals surface area contributed by atoms with Crippen LogP contribution in [0.4, 0.5) is 8.78 Å². The zero-order valence-corrected chi connectivity index (χ0v) is 10.2. The molecule has 7 heteroatoms. The predicted octanol–water partition coefficient (Wildman–Crippen LogP) is 1.28. The molecular weight excluding hydrogens is 252 g/mol. The highest BCUT2D eigenvalue weighted by Crippen LogP contribution is 2.15. The molecule has 0 heterocycles. The van der Waals surface area contributed by atoms with E-state index in [1.165, 1.54) is 7.11 Å². The number of halogens is 2. The first-order valence-corrected chi connectivity index (χ1v) is 6.31. The van der Waals surface area contributed by atoms with Gasteiger partial charge in [-0.15, -0.1) is 0 Å². The molecule has 96 valence electrons. The molecule has 0 radical (unpaired) electrons. The second-order valence-electron chi connectivity index (χ2n) is 3.55. The Labute approximate surface area is 98.6 Å². The van der Waals surface area contributed by atoms with Crippen LogP contribution in [0.1, 0.15) is 6.92 Å². The summed E-state index contributed by atoms with van der Waals surface area (Å²) >= 11 is 0. The molecule has 0 fully saturated rings. The van der Waals surface area contributed by atoms with Crippen molar-refractivity contribution in [1.82, 2.24) is 4.72 Å². The summed E-state index contributed by atoms with van der Waals surface area (Å²) in [5.74, 6) is -1.95. The first kappa shape index (κ1) is 14.0. The highest BCUT2D eigenvalue weighted by atomic mass is 32.2. The van der Waals surface area contributed by atoms with Gasteiger partial charge in [0.2, 0.25) is 10.0 Å². The molecule has 0 saturated carbocycles. The molecule has 0 aliphatic carbocycles. The van der Waals surface area contributed by atoms with E-state index < -0.39 is 32.6 Å². The van der Waals surface area contributed by atoms with Crippen molar-refractivity contribution in [3.63, 3.8) is 0 Å². The van der Waals surface area contributed by atoms with Crippen molar-refractivity contribution >= 4 is 10.0 Å². The summed E-state index contributed by atoms with van der Waals surface area (Å²) in [6.45, 7) is 1.73. The number of methoxy groups -OCH3 is 1. The Morgan fingerprint density at radius 2 is 2.06 bits per heavy atom. The lowest BCUT2D eigenvalue weighted by molar-refractivity contribution is 0.180. The van der Waals surface area contributed by atoms with Gasteiger partial charge in [0.1, 0.15) is 16.5 Å². The molecule has 1 rings (SSSR count). The quantitative estimate of drug-likeness (QED) is 0.872. The van der Waals surface area contributed by atoms with E-state index in [0.717, 1.165) is 12.1 Å². The number of nitrogens with one attached hydrogen (secondary N) is 1. The van der Waals surface area contributed by atoms with Gasteiger partial charge in [0.15, 0.2) is 0 Å². The van der Waals surface area contributed by atoms with Crippen molar-refractivity contribution in [2.45, 2.75) is 17.9 Å². The maximum absolute atomic E-state index is 13.3. The van der Waals surface area contributed by atoms with Gasteiger partial charge in [0.05, 0.1) is 6.61 Å². The standard InChI is InChI=1S/C10H13F2NO3S/c1-7(6-16-2)13-17(14,15)10-4-3-8(11)5-9(10)12/h3-5,7,13H,6H2,1-2H3. The van der Waals surface area contributed by atoms with Gasteiger partial charge < -0.3 is 4.74 Å². The Morgan fingerprint density at radius 3 is 2.59 bits per heavy atom. The molecule has 1 unspecified atom stereocenters. The molecular formula is C10H13F2NO3S. The van der Waals surface area contributed by atoms with Crippen molar-refractivity contribution in [1.29, 1.82) is 0 Å². The van der Waals surface area contributed by atoms with Gasteiger partial charge in [0.25, 0.3) is 0 Å². The summed E-state index contributed by atoms with van der Waals surface area (Å²) in [5.41, 5.74) is 0. The Balaban J connectivity index is 2.97. The lowest BCUT2D eigenvalue weighted by Gasteiger charge is -2.13. The second-order valence-corrected chi connectivity index (χ2v) is 5.23. The summed E-state index contributed by atoms with van der Waals surface area (Å²) in [7, 11) is -2.58. The van der Waals surface area contributed by atoms with Crippen molar-refractivity contribution in [2.75, 3.05) is 13.7 Å². The van der Waals surface area contributed by atoms with Crippen molar-refractivity contribution in [3.05, 3.63) is 29.8 Å². The van der Waals surface area contributed by atoms with E-state index in [1.807, 2.05) is 0 Å². The smallest absolute Gasteiger partial charge is 0.243 e. The number of rotatable bonds is 5. The number of benzene rings is 1. The van der Waals surface area contributed by atoms with Crippen molar-refractivity contribution in [2.24, 2.45) is 0 Å². The molecule has 0 amide bonds. The number of sulfonamides is 1. The molecule has 0 aliphatic heterocycles. The van der Waals surface area contributed by atoms with Crippen molar-refractivity contribution in [3.8, 4) is 0 Å². The van der Waals surface area contributed by atoms with Crippen LogP contribution in [0, 0.1) is 11.6 Å². The Morgan fingerprint density at radius 1 is 1.41 bits per heavy atom. The van der Waals surface area contributed by atoms with Gasteiger partial charge in [-0.05, 0) is 19.1 Å². The van der Waals surface area contributed by atoms with E-state index in [0.29, 0.717) is 6.07 Å². The minimum Gasteiger partial charge on any atom is -0.383 e. The first-order valence-electron chi connectivity index (χ1n) is 4.83. The molecule has 1 atom stereocenters. The van der Waals surface area contributed by atoms with Gasteiger partial charge in [-0.2, -0.15) is 0 Å². The highest BCUT2D eigenvalue weighted by molar-refractivity contribution is 7.89. The minimum atomic E-state index is -4.00. The van der Waals surface area contributed by atoms with E-state index in [4.69, 9.17) is 4.74 Å². The number of hydrogen-bond donors (Lipinski definition) is 1. The van der Waals surface area contributed by atoms with Crippen LogP contribution in [-0.2, 0) is 14.8 Å². The van der Waals surface area contributed by atoms with E-state index in [2.05, 4.69) is 4.72 Å². The molecule has 0 bridgehead atoms. The lowest BCUT2D eigenvalue weighted by atomic mass is 10.3. The number of ether oxygens (including phenoxy) is 1. The van der Waals surface area contributed by atoms with Crippen LogP contribution in [0.15, 0.2) is 23.1 Å². The highest BCUT2D eigenvalue weighted by Gasteiger charge is 2.21. The van der Waals surface area contributed by atoms with Gasteiger partial charge in [0, 0.05) is 19.2 Å². The molecule has 0 aromatic heterocycles. The zero-order valence-electron chi connectivity index (χ0n) is 9.41. The monoisotopic (exact) mass is 265 g/mol. The van der Waals surface area contributed by atoms with Gasteiger partial charge >= 0.3 is 0 Å². The molecule has 4 nitrogen and oxygen atoms in total. The number of hydrogen-bond acceptors (Lipinski definition) is 3. The van der Waals surface area contributed by atoms with Crippen LogP contribution >= 0.6 is 0 Å². The largest absolute Gasteiger partial charge is 0.383 e. The van der Waals surface area contributed by atoms with Crippen LogP contribution in [0.25, 0.3) is 0 Å². The molecule has 0 saturated heterocycles. The fraction of sp³-hybridized carbons (Fsp3) is 0.400. The average molecular weight is 265 g/mol. The Bertz CT molecular complexity index is 490. The summed E-state index contributed by atoms with van der Waals surface area (Å²) in [5, 5.41) is 0. The topological polar surface area (TPSA) is 55.4 Å². The first-order chi connectivity index (χ1) is 7.86. The van der Waals surface area contributed by atoms with E-state index >= 15 is 0 Å². The van der Waals surface area contributed by atoms with E-state index in [9.17, 15) is 17.2 Å². The third-order valence-corrected chi connectivity index (χ3v) is 3.58. The summed E-state index contributed by atoms with van der Waals surface area (Å²) < 4.78 is 56.3. The normalized spacial score (nSPS) is 13.6. The minimum absolute atomic E-state index is 0.155. The third kappa shape index (κ3) is 3.72. The van der Waals surface area contributed by atoms with E-state index in [1.54, 1.807) is 6.92 Å². The fourth-order valence-corrected chi connectivity index (χ4v) is 2.59. The maximum Gasteiger partial charge on any atom is 0.243 e. The molecule has 1 N–H and O–H groups in total. The summed E-state index contributed by atoms with van der Waals surface area (Å²) in [4.78, 5) is -0.582. The lowest BCUT2D eigenvalue weighted by Crippen LogP contribution is -2.36. The van der Waals surface area contributed by atoms with Gasteiger partial charge in [-0.25, -0.2) is 21.9 Å². The molecule has 1 aromatic rings. The van der Waals surface area contributed by atoms with Crippen LogP contribution < -0.4 is 4.72 Å². The van der Waals surface area contributed by atoms with Gasteiger partial charge in [-0.1, -0.05) is 0 Å². The summed E-state index contributed by atoms with van der Waals surface area (Å²) in [6.07, 6.45) is 0. The van der Waals surface area contributed by atoms with Crippen molar-refractivity contribution < 1.29 is 21.9 Å². The third-order valence-electron chi connectivity index (χ3n) is 1.96.